The molecule has 1 aliphatic heterocycles. The second kappa shape index (κ2) is 6.23. The van der Waals surface area contributed by atoms with Crippen LogP contribution in [0.4, 0.5) is 0 Å². The molecule has 8 heteroatoms. The highest BCUT2D eigenvalue weighted by atomic mass is 35.5. The zero-order valence-corrected chi connectivity index (χ0v) is 12.7. The largest absolute Gasteiger partial charge is 0.295 e. The van der Waals surface area contributed by atoms with E-state index in [0.29, 0.717) is 4.34 Å². The molecule has 2 aromatic rings. The van der Waals surface area contributed by atoms with E-state index in [1.807, 2.05) is 5.51 Å². The Labute approximate surface area is 125 Å². The molecule has 0 spiro atoms. The maximum absolute atomic E-state index is 6.03. The van der Waals surface area contributed by atoms with Gasteiger partial charge in [0.05, 0.1) is 11.2 Å². The van der Waals surface area contributed by atoms with Crippen LogP contribution < -0.4 is 0 Å². The number of nitrogens with zero attached hydrogens (tertiary/aromatic N) is 5. The molecule has 0 amide bonds. The number of hydrogen-bond donors (Lipinski definition) is 0. The molecule has 19 heavy (non-hydrogen) atoms. The van der Waals surface area contributed by atoms with Crippen LogP contribution in [0, 0.1) is 0 Å². The topological polar surface area (TPSA) is 45.2 Å². The number of halogens is 1. The number of aromatic nitrogens is 3. The lowest BCUT2D eigenvalue weighted by Crippen LogP contribution is -2.45. The first-order valence-corrected chi connectivity index (χ1v) is 8.19. The third-order valence-electron chi connectivity index (χ3n) is 3.22. The molecule has 1 fully saturated rings. The molecule has 3 heterocycles. The molecule has 0 aliphatic carbocycles. The lowest BCUT2D eigenvalue weighted by Gasteiger charge is -2.33. The molecule has 1 saturated heterocycles. The Balaban J connectivity index is 1.48. The van der Waals surface area contributed by atoms with Crippen molar-refractivity contribution in [2.45, 2.75) is 13.1 Å². The molecule has 3 rings (SSSR count). The summed E-state index contributed by atoms with van der Waals surface area (Å²) in [6.07, 6.45) is 0. The lowest BCUT2D eigenvalue weighted by molar-refractivity contribution is 0.120. The van der Waals surface area contributed by atoms with Gasteiger partial charge in [-0.25, -0.2) is 4.98 Å². The zero-order chi connectivity index (χ0) is 13.1. The van der Waals surface area contributed by atoms with E-state index in [2.05, 4.69) is 29.8 Å². The van der Waals surface area contributed by atoms with Gasteiger partial charge in [0.2, 0.25) is 0 Å². The van der Waals surface area contributed by atoms with Gasteiger partial charge in [-0.05, 0) is 0 Å². The van der Waals surface area contributed by atoms with Crippen molar-refractivity contribution in [1.29, 1.82) is 0 Å². The van der Waals surface area contributed by atoms with Crippen LogP contribution in [0.2, 0.25) is 4.34 Å². The normalized spacial score (nSPS) is 17.9. The number of hydrogen-bond acceptors (Lipinski definition) is 7. The van der Waals surface area contributed by atoms with Gasteiger partial charge in [-0.1, -0.05) is 16.1 Å². The van der Waals surface area contributed by atoms with Crippen molar-refractivity contribution in [3.05, 3.63) is 26.6 Å². The lowest BCUT2D eigenvalue weighted by atomic mass is 10.3. The number of rotatable bonds is 4. The Hall–Kier alpha value is -0.600. The minimum absolute atomic E-state index is 0.713. The first-order chi connectivity index (χ1) is 9.31. The molecule has 0 unspecified atom stereocenters. The van der Waals surface area contributed by atoms with E-state index >= 15 is 0 Å². The summed E-state index contributed by atoms with van der Waals surface area (Å²) in [7, 11) is 0. The molecular weight excluding hydrogens is 302 g/mol. The van der Waals surface area contributed by atoms with Crippen LogP contribution in [0.15, 0.2) is 10.9 Å². The summed E-state index contributed by atoms with van der Waals surface area (Å²) in [5.74, 6) is 0. The van der Waals surface area contributed by atoms with Crippen LogP contribution in [0.25, 0.3) is 0 Å². The van der Waals surface area contributed by atoms with E-state index in [9.17, 15) is 0 Å². The Morgan fingerprint density at radius 2 is 1.89 bits per heavy atom. The first kappa shape index (κ1) is 13.4. The quantitative estimate of drug-likeness (QED) is 0.863. The van der Waals surface area contributed by atoms with Gasteiger partial charge in [0.1, 0.15) is 10.0 Å². The van der Waals surface area contributed by atoms with Gasteiger partial charge < -0.3 is 0 Å². The van der Waals surface area contributed by atoms with Crippen LogP contribution in [0.3, 0.4) is 0 Å². The van der Waals surface area contributed by atoms with Crippen molar-refractivity contribution in [2.24, 2.45) is 0 Å². The summed E-state index contributed by atoms with van der Waals surface area (Å²) in [6.45, 7) is 5.96. The molecule has 0 aromatic carbocycles. The Morgan fingerprint density at radius 1 is 1.16 bits per heavy atom. The molecule has 0 saturated carbocycles. The van der Waals surface area contributed by atoms with E-state index in [1.165, 1.54) is 17.2 Å². The second-order valence-electron chi connectivity index (χ2n) is 4.53. The number of thiazole rings is 1. The van der Waals surface area contributed by atoms with Gasteiger partial charge in [0.15, 0.2) is 0 Å². The zero-order valence-electron chi connectivity index (χ0n) is 10.3. The Morgan fingerprint density at radius 3 is 2.47 bits per heavy atom. The summed E-state index contributed by atoms with van der Waals surface area (Å²) in [5.41, 5.74) is 3.97. The average molecular weight is 316 g/mol. The van der Waals surface area contributed by atoms with Crippen molar-refractivity contribution >= 4 is 34.5 Å². The third kappa shape index (κ3) is 3.49. The fourth-order valence-corrected chi connectivity index (χ4v) is 3.31. The van der Waals surface area contributed by atoms with Crippen LogP contribution in [0.1, 0.15) is 11.4 Å². The van der Waals surface area contributed by atoms with Gasteiger partial charge in [-0.15, -0.1) is 16.4 Å². The minimum atomic E-state index is 0.713. The summed E-state index contributed by atoms with van der Waals surface area (Å²) in [5, 5.41) is 6.18. The Bertz CT molecular complexity index is 507. The van der Waals surface area contributed by atoms with E-state index in [0.717, 1.165) is 45.0 Å². The first-order valence-electron chi connectivity index (χ1n) is 6.10. The standard InChI is InChI=1S/C11H14ClN5S2/c12-11-10(14-15-19-11)6-17-3-1-16(2-4-17)5-9-7-18-8-13-9/h7-8H,1-6H2. The highest BCUT2D eigenvalue weighted by Gasteiger charge is 2.19. The fraction of sp³-hybridized carbons (Fsp3) is 0.545. The van der Waals surface area contributed by atoms with Crippen molar-refractivity contribution in [3.63, 3.8) is 0 Å². The van der Waals surface area contributed by atoms with Crippen molar-refractivity contribution < 1.29 is 0 Å². The van der Waals surface area contributed by atoms with E-state index in [-0.39, 0.29) is 0 Å². The van der Waals surface area contributed by atoms with Gasteiger partial charge in [-0.3, -0.25) is 9.80 Å². The molecule has 2 aromatic heterocycles. The fourth-order valence-electron chi connectivity index (χ4n) is 2.15. The summed E-state index contributed by atoms with van der Waals surface area (Å²) < 4.78 is 4.58. The number of piperazine rings is 1. The second-order valence-corrected chi connectivity index (χ2v) is 6.60. The van der Waals surface area contributed by atoms with Gasteiger partial charge in [0, 0.05) is 56.2 Å². The molecule has 1 aliphatic rings. The molecule has 0 N–H and O–H groups in total. The van der Waals surface area contributed by atoms with Gasteiger partial charge >= 0.3 is 0 Å². The molecule has 0 bridgehead atoms. The highest BCUT2D eigenvalue weighted by molar-refractivity contribution is 7.10. The molecule has 0 atom stereocenters. The van der Waals surface area contributed by atoms with Crippen LogP contribution in [-0.4, -0.2) is 50.5 Å². The predicted molar refractivity (Wildman–Crippen MR) is 77.6 cm³/mol. The highest BCUT2D eigenvalue weighted by Crippen LogP contribution is 2.19. The minimum Gasteiger partial charge on any atom is -0.295 e. The molecule has 5 nitrogen and oxygen atoms in total. The molecule has 0 radical (unpaired) electrons. The monoisotopic (exact) mass is 315 g/mol. The van der Waals surface area contributed by atoms with E-state index < -0.39 is 0 Å². The van der Waals surface area contributed by atoms with Crippen LogP contribution in [0.5, 0.6) is 0 Å². The third-order valence-corrected chi connectivity index (χ3v) is 4.84. The molecular formula is C11H14ClN5S2. The van der Waals surface area contributed by atoms with Crippen molar-refractivity contribution in [2.75, 3.05) is 26.2 Å². The summed E-state index contributed by atoms with van der Waals surface area (Å²) >= 11 is 8.94. The Kier molecular flexibility index (Phi) is 4.39. The average Bonchev–Trinajstić information content (AvgIpc) is 3.05. The molecule has 102 valence electrons. The summed E-state index contributed by atoms with van der Waals surface area (Å²) in [6, 6.07) is 0. The summed E-state index contributed by atoms with van der Waals surface area (Å²) in [4.78, 5) is 9.14. The smallest absolute Gasteiger partial charge is 0.138 e. The SMILES string of the molecule is Clc1snnc1CN1CCN(Cc2cscn2)CC1. The van der Waals surface area contributed by atoms with Crippen LogP contribution in [-0.2, 0) is 13.1 Å². The van der Waals surface area contributed by atoms with Gasteiger partial charge in [-0.2, -0.15) is 0 Å². The van der Waals surface area contributed by atoms with Crippen LogP contribution >= 0.6 is 34.5 Å². The maximum atomic E-state index is 6.03. The maximum Gasteiger partial charge on any atom is 0.138 e. The van der Waals surface area contributed by atoms with E-state index in [1.54, 1.807) is 11.3 Å². The van der Waals surface area contributed by atoms with Gasteiger partial charge in [0.25, 0.3) is 0 Å². The van der Waals surface area contributed by atoms with E-state index in [4.69, 9.17) is 11.6 Å². The predicted octanol–water partition coefficient (Wildman–Crippen LogP) is 1.97. The van der Waals surface area contributed by atoms with Crippen molar-refractivity contribution in [1.82, 2.24) is 24.4 Å². The van der Waals surface area contributed by atoms with Crippen molar-refractivity contribution in [3.8, 4) is 0 Å².